The van der Waals surface area contributed by atoms with E-state index in [1.165, 1.54) is 38.4 Å². The molecule has 0 aromatic heterocycles. The molecule has 3 atom stereocenters. The van der Waals surface area contributed by atoms with Crippen molar-refractivity contribution in [3.63, 3.8) is 0 Å². The van der Waals surface area contributed by atoms with Crippen molar-refractivity contribution in [2.75, 3.05) is 25.2 Å². The zero-order valence-corrected chi connectivity index (χ0v) is 13.8. The summed E-state index contributed by atoms with van der Waals surface area (Å²) in [6.45, 7) is 1.81. The first-order chi connectivity index (χ1) is 9.94. The van der Waals surface area contributed by atoms with Crippen LogP contribution in [0.2, 0.25) is 0 Å². The van der Waals surface area contributed by atoms with Gasteiger partial charge in [-0.25, -0.2) is 8.42 Å². The smallest absolute Gasteiger partial charge is 0.148 e. The van der Waals surface area contributed by atoms with Crippen molar-refractivity contribution in [1.82, 2.24) is 5.32 Å². The fourth-order valence-corrected chi connectivity index (χ4v) is 6.99. The SMILES string of the molecule is CS(=O)(=O)CC1(CNC2[C@H]3CCO[C@H]3C23CCC3)CCC1. The summed E-state index contributed by atoms with van der Waals surface area (Å²) in [5.74, 6) is 1.04. The molecule has 120 valence electrons. The molecule has 4 fully saturated rings. The maximum Gasteiger partial charge on any atom is 0.148 e. The van der Waals surface area contributed by atoms with E-state index in [9.17, 15) is 8.42 Å². The summed E-state index contributed by atoms with van der Waals surface area (Å²) in [7, 11) is -2.88. The van der Waals surface area contributed by atoms with E-state index >= 15 is 0 Å². The van der Waals surface area contributed by atoms with Crippen molar-refractivity contribution in [3.8, 4) is 0 Å². The number of sulfone groups is 1. The van der Waals surface area contributed by atoms with Crippen molar-refractivity contribution in [2.45, 2.75) is 57.1 Å². The third-order valence-electron chi connectivity index (χ3n) is 6.72. The lowest BCUT2D eigenvalue weighted by Gasteiger charge is -2.64. The average Bonchev–Trinajstić information content (AvgIpc) is 2.67. The zero-order chi connectivity index (χ0) is 14.7. The molecule has 5 heteroatoms. The number of nitrogens with one attached hydrogen (secondary N) is 1. The Kier molecular flexibility index (Phi) is 3.22. The molecule has 4 aliphatic rings. The number of fused-ring (bicyclic) bond motifs is 2. The van der Waals surface area contributed by atoms with Crippen LogP contribution in [0.15, 0.2) is 0 Å². The van der Waals surface area contributed by atoms with Gasteiger partial charge in [-0.2, -0.15) is 0 Å². The molecule has 3 aliphatic carbocycles. The summed E-state index contributed by atoms with van der Waals surface area (Å²) in [6.07, 6.45) is 10.3. The Hall–Kier alpha value is -0.130. The summed E-state index contributed by atoms with van der Waals surface area (Å²) in [6, 6.07) is 0.579. The maximum atomic E-state index is 11.7. The number of hydrogen-bond donors (Lipinski definition) is 1. The highest BCUT2D eigenvalue weighted by Crippen LogP contribution is 2.63. The Labute approximate surface area is 127 Å². The molecule has 0 radical (unpaired) electrons. The minimum atomic E-state index is -2.88. The molecule has 1 N–H and O–H groups in total. The van der Waals surface area contributed by atoms with E-state index in [4.69, 9.17) is 4.74 Å². The topological polar surface area (TPSA) is 55.4 Å². The van der Waals surface area contributed by atoms with Gasteiger partial charge in [0.05, 0.1) is 11.9 Å². The Morgan fingerprint density at radius 3 is 2.43 bits per heavy atom. The predicted molar refractivity (Wildman–Crippen MR) is 81.9 cm³/mol. The molecule has 1 unspecified atom stereocenters. The van der Waals surface area contributed by atoms with E-state index in [1.807, 2.05) is 0 Å². The highest BCUT2D eigenvalue weighted by molar-refractivity contribution is 7.90. The second-order valence-electron chi connectivity index (χ2n) is 8.11. The van der Waals surface area contributed by atoms with Gasteiger partial charge in [-0.3, -0.25) is 0 Å². The van der Waals surface area contributed by atoms with Gasteiger partial charge in [0.25, 0.3) is 0 Å². The van der Waals surface area contributed by atoms with Crippen LogP contribution in [0.4, 0.5) is 0 Å². The summed E-state index contributed by atoms with van der Waals surface area (Å²) in [5.41, 5.74) is 0.417. The molecule has 1 aliphatic heterocycles. The van der Waals surface area contributed by atoms with Crippen LogP contribution in [0.3, 0.4) is 0 Å². The zero-order valence-electron chi connectivity index (χ0n) is 12.9. The first-order valence-corrected chi connectivity index (χ1v) is 10.5. The second kappa shape index (κ2) is 4.68. The maximum absolute atomic E-state index is 11.7. The van der Waals surface area contributed by atoms with Gasteiger partial charge in [0.1, 0.15) is 9.84 Å². The molecule has 0 bridgehead atoms. The van der Waals surface area contributed by atoms with E-state index in [1.54, 1.807) is 0 Å². The highest BCUT2D eigenvalue weighted by atomic mass is 32.2. The second-order valence-corrected chi connectivity index (χ2v) is 10.3. The quantitative estimate of drug-likeness (QED) is 0.840. The minimum absolute atomic E-state index is 0.0169. The van der Waals surface area contributed by atoms with Crippen LogP contribution < -0.4 is 5.32 Å². The minimum Gasteiger partial charge on any atom is -0.377 e. The lowest BCUT2D eigenvalue weighted by molar-refractivity contribution is -0.178. The van der Waals surface area contributed by atoms with Crippen LogP contribution in [-0.2, 0) is 14.6 Å². The molecule has 0 aromatic rings. The molecule has 1 saturated heterocycles. The first kappa shape index (κ1) is 14.5. The fraction of sp³-hybridized carbons (Fsp3) is 1.00. The van der Waals surface area contributed by atoms with Gasteiger partial charge in [-0.1, -0.05) is 12.8 Å². The van der Waals surface area contributed by atoms with Crippen LogP contribution in [0.5, 0.6) is 0 Å². The summed E-state index contributed by atoms with van der Waals surface area (Å²) < 4.78 is 29.4. The standard InChI is InChI=1S/C16H27NO3S/c1-21(18,19)11-15(5-2-6-15)10-17-13-12-4-9-20-14(12)16(13)7-3-8-16/h12-14,17H,2-11H2,1H3/t12-,13?,14-/m1/s1. The molecule has 0 aromatic carbocycles. The fourth-order valence-electron chi connectivity index (χ4n) is 5.49. The lowest BCUT2D eigenvalue weighted by atomic mass is 9.46. The third kappa shape index (κ3) is 2.19. The van der Waals surface area contributed by atoms with E-state index in [-0.39, 0.29) is 5.41 Å². The summed E-state index contributed by atoms with van der Waals surface area (Å²) >= 11 is 0. The normalized spacial score (nSPS) is 39.2. The lowest BCUT2D eigenvalue weighted by Crippen LogP contribution is -2.72. The van der Waals surface area contributed by atoms with Gasteiger partial charge in [-0.15, -0.1) is 0 Å². The van der Waals surface area contributed by atoms with Gasteiger partial charge < -0.3 is 10.1 Å². The number of hydrogen-bond acceptors (Lipinski definition) is 4. The molecule has 4 nitrogen and oxygen atoms in total. The van der Waals surface area contributed by atoms with Gasteiger partial charge in [0.2, 0.25) is 0 Å². The van der Waals surface area contributed by atoms with E-state index < -0.39 is 9.84 Å². The van der Waals surface area contributed by atoms with Crippen LogP contribution in [-0.4, -0.2) is 45.7 Å². The van der Waals surface area contributed by atoms with Crippen LogP contribution in [0, 0.1) is 16.7 Å². The van der Waals surface area contributed by atoms with E-state index in [2.05, 4.69) is 5.32 Å². The largest absolute Gasteiger partial charge is 0.377 e. The van der Waals surface area contributed by atoms with Crippen LogP contribution in [0.25, 0.3) is 0 Å². The molecule has 1 spiro atoms. The molecule has 4 rings (SSSR count). The summed E-state index contributed by atoms with van der Waals surface area (Å²) in [5, 5.41) is 3.80. The first-order valence-electron chi connectivity index (χ1n) is 8.47. The number of rotatable bonds is 5. The van der Waals surface area contributed by atoms with Crippen LogP contribution in [0.1, 0.15) is 44.9 Å². The van der Waals surface area contributed by atoms with Gasteiger partial charge >= 0.3 is 0 Å². The highest BCUT2D eigenvalue weighted by Gasteiger charge is 2.66. The van der Waals surface area contributed by atoms with Crippen molar-refractivity contribution in [1.29, 1.82) is 0 Å². The molecular weight excluding hydrogens is 286 g/mol. The molecule has 0 amide bonds. The Morgan fingerprint density at radius 1 is 1.19 bits per heavy atom. The van der Waals surface area contributed by atoms with Gasteiger partial charge in [0.15, 0.2) is 0 Å². The Morgan fingerprint density at radius 2 is 1.90 bits per heavy atom. The van der Waals surface area contributed by atoms with E-state index in [0.29, 0.717) is 29.2 Å². The van der Waals surface area contributed by atoms with Crippen molar-refractivity contribution < 1.29 is 13.2 Å². The van der Waals surface area contributed by atoms with Crippen LogP contribution >= 0.6 is 0 Å². The number of ether oxygens (including phenoxy) is 1. The average molecular weight is 313 g/mol. The summed E-state index contributed by atoms with van der Waals surface area (Å²) in [4.78, 5) is 0. The van der Waals surface area contributed by atoms with Gasteiger partial charge in [-0.05, 0) is 37.5 Å². The van der Waals surface area contributed by atoms with Crippen molar-refractivity contribution >= 4 is 9.84 Å². The van der Waals surface area contributed by atoms with Crippen molar-refractivity contribution in [3.05, 3.63) is 0 Å². The van der Waals surface area contributed by atoms with Gasteiger partial charge in [0, 0.05) is 36.8 Å². The molecule has 21 heavy (non-hydrogen) atoms. The predicted octanol–water partition coefficient (Wildman–Crippen LogP) is 1.75. The molecular formula is C16H27NO3S. The van der Waals surface area contributed by atoms with Crippen molar-refractivity contribution in [2.24, 2.45) is 16.7 Å². The Balaban J connectivity index is 1.42. The van der Waals surface area contributed by atoms with E-state index in [0.717, 1.165) is 26.0 Å². The third-order valence-corrected chi connectivity index (χ3v) is 7.85. The Bertz CT molecular complexity index is 522. The molecule has 1 heterocycles. The molecule has 3 saturated carbocycles. The monoisotopic (exact) mass is 313 g/mol.